The largest absolute Gasteiger partial charge is 0.480 e. The molecule has 0 bridgehead atoms. The molecule has 210 valence electrons. The van der Waals surface area contributed by atoms with Gasteiger partial charge >= 0.3 is 12.1 Å². The van der Waals surface area contributed by atoms with E-state index in [-0.39, 0.29) is 32.3 Å². The summed E-state index contributed by atoms with van der Waals surface area (Å²) >= 11 is 0. The number of methoxy groups -OCH3 is 1. The van der Waals surface area contributed by atoms with E-state index in [0.717, 1.165) is 32.7 Å². The van der Waals surface area contributed by atoms with Crippen LogP contribution in [-0.4, -0.2) is 73.5 Å². The fourth-order valence-corrected chi connectivity index (χ4v) is 4.87. The Hall–Kier alpha value is -4.21. The molecular weight excluding hydrogens is 512 g/mol. The molecule has 40 heavy (non-hydrogen) atoms. The second kappa shape index (κ2) is 13.7. The van der Waals surface area contributed by atoms with E-state index in [9.17, 15) is 19.5 Å². The predicted octanol–water partition coefficient (Wildman–Crippen LogP) is 4.06. The standard InChI is InChI=1S/C31H34N2O7/c1-21(39-19-22-10-4-3-5-11-22)29(30(36)33(16-17-38-2)18-28(34)35)32-31(37)40-20-27-25-14-8-6-12-23(25)24-13-7-9-15-26(24)27/h3-15,21,27,29H,16-20H2,1-2H3,(H,32,37)(H,34,35)/t21-,29+/m0/s1. The van der Waals surface area contributed by atoms with Crippen LogP contribution in [0.4, 0.5) is 4.79 Å². The highest BCUT2D eigenvalue weighted by Gasteiger charge is 2.34. The van der Waals surface area contributed by atoms with Gasteiger partial charge in [-0.2, -0.15) is 0 Å². The number of carboxylic acids is 1. The van der Waals surface area contributed by atoms with E-state index in [4.69, 9.17) is 14.2 Å². The summed E-state index contributed by atoms with van der Waals surface area (Å²) in [5, 5.41) is 12.0. The minimum Gasteiger partial charge on any atom is -0.480 e. The van der Waals surface area contributed by atoms with E-state index in [1.807, 2.05) is 78.9 Å². The van der Waals surface area contributed by atoms with Crippen LogP contribution in [0.1, 0.15) is 29.5 Å². The number of ether oxygens (including phenoxy) is 3. The van der Waals surface area contributed by atoms with E-state index < -0.39 is 36.7 Å². The predicted molar refractivity (Wildman–Crippen MR) is 149 cm³/mol. The van der Waals surface area contributed by atoms with E-state index >= 15 is 0 Å². The van der Waals surface area contributed by atoms with Gasteiger partial charge in [-0.1, -0.05) is 78.9 Å². The van der Waals surface area contributed by atoms with Crippen molar-refractivity contribution in [1.29, 1.82) is 0 Å². The van der Waals surface area contributed by atoms with Crippen molar-refractivity contribution in [1.82, 2.24) is 10.2 Å². The Kier molecular flexibility index (Phi) is 9.88. The number of rotatable bonds is 13. The molecule has 2 N–H and O–H groups in total. The third kappa shape index (κ3) is 7.05. The average Bonchev–Trinajstić information content (AvgIpc) is 3.29. The number of alkyl carbamates (subject to hydrolysis) is 1. The Balaban J connectivity index is 1.48. The third-order valence-corrected chi connectivity index (χ3v) is 6.91. The molecule has 3 aromatic rings. The lowest BCUT2D eigenvalue weighted by atomic mass is 9.98. The van der Waals surface area contributed by atoms with Gasteiger partial charge in [-0.3, -0.25) is 9.59 Å². The quantitative estimate of drug-likeness (QED) is 0.332. The van der Waals surface area contributed by atoms with Crippen molar-refractivity contribution in [3.05, 3.63) is 95.6 Å². The van der Waals surface area contributed by atoms with Crippen molar-refractivity contribution in [3.63, 3.8) is 0 Å². The number of aliphatic carboxylic acids is 1. The highest BCUT2D eigenvalue weighted by molar-refractivity contribution is 5.88. The van der Waals surface area contributed by atoms with Crippen molar-refractivity contribution in [3.8, 4) is 11.1 Å². The van der Waals surface area contributed by atoms with E-state index in [0.29, 0.717) is 0 Å². The lowest BCUT2D eigenvalue weighted by Crippen LogP contribution is -2.55. The topological polar surface area (TPSA) is 114 Å². The van der Waals surface area contributed by atoms with Crippen molar-refractivity contribution in [2.24, 2.45) is 0 Å². The lowest BCUT2D eigenvalue weighted by molar-refractivity contribution is -0.147. The molecule has 0 saturated carbocycles. The number of fused-ring (bicyclic) bond motifs is 3. The summed E-state index contributed by atoms with van der Waals surface area (Å²) in [5.74, 6) is -1.93. The zero-order valence-electron chi connectivity index (χ0n) is 22.6. The molecule has 2 atom stereocenters. The molecule has 0 radical (unpaired) electrons. The molecule has 0 unspecified atom stereocenters. The SMILES string of the molecule is COCCN(CC(=O)O)C(=O)[C@H](NC(=O)OCC1c2ccccc2-c2ccccc21)[C@H](C)OCc1ccccc1. The van der Waals surface area contributed by atoms with E-state index in [1.165, 1.54) is 7.11 Å². The Labute approximate surface area is 233 Å². The minimum absolute atomic E-state index is 0.0376. The normalized spacial score (nSPS) is 13.6. The number of nitrogens with zero attached hydrogens (tertiary/aromatic N) is 1. The number of carbonyl (C=O) groups excluding carboxylic acids is 2. The summed E-state index contributed by atoms with van der Waals surface area (Å²) in [7, 11) is 1.46. The number of hydrogen-bond acceptors (Lipinski definition) is 6. The van der Waals surface area contributed by atoms with Gasteiger partial charge in [0, 0.05) is 19.6 Å². The molecule has 3 aromatic carbocycles. The molecule has 0 fully saturated rings. The fourth-order valence-electron chi connectivity index (χ4n) is 4.87. The molecule has 2 amide bonds. The van der Waals surface area contributed by atoms with E-state index in [1.54, 1.807) is 6.92 Å². The maximum atomic E-state index is 13.5. The number of carboxylic acid groups (broad SMARTS) is 1. The summed E-state index contributed by atoms with van der Waals surface area (Å²) in [5.41, 5.74) is 5.23. The second-order valence-corrected chi connectivity index (χ2v) is 9.60. The molecule has 0 spiro atoms. The Morgan fingerprint density at radius 2 is 1.52 bits per heavy atom. The first kappa shape index (κ1) is 28.8. The van der Waals surface area contributed by atoms with Crippen LogP contribution in [0.5, 0.6) is 0 Å². The Bertz CT molecular complexity index is 1270. The molecule has 0 aliphatic heterocycles. The van der Waals surface area contributed by atoms with Crippen molar-refractivity contribution < 1.29 is 33.7 Å². The summed E-state index contributed by atoms with van der Waals surface area (Å²) in [6, 6.07) is 24.2. The molecule has 0 saturated heterocycles. The van der Waals surface area contributed by atoms with Crippen molar-refractivity contribution >= 4 is 18.0 Å². The van der Waals surface area contributed by atoms with Gasteiger partial charge in [0.1, 0.15) is 19.2 Å². The first-order chi connectivity index (χ1) is 19.4. The van der Waals surface area contributed by atoms with Gasteiger partial charge in [-0.25, -0.2) is 4.79 Å². The zero-order chi connectivity index (χ0) is 28.5. The van der Waals surface area contributed by atoms with Crippen LogP contribution in [0.15, 0.2) is 78.9 Å². The summed E-state index contributed by atoms with van der Waals surface area (Å²) in [6.45, 7) is 1.56. The molecule has 9 heteroatoms. The molecule has 1 aliphatic carbocycles. The zero-order valence-corrected chi connectivity index (χ0v) is 22.6. The highest BCUT2D eigenvalue weighted by atomic mass is 16.5. The Morgan fingerprint density at radius 3 is 2.12 bits per heavy atom. The monoisotopic (exact) mass is 546 g/mol. The number of nitrogens with one attached hydrogen (secondary N) is 1. The van der Waals surface area contributed by atoms with Crippen LogP contribution in [0, 0.1) is 0 Å². The molecule has 4 rings (SSSR count). The fraction of sp³-hybridized carbons (Fsp3) is 0.323. The van der Waals surface area contributed by atoms with Crippen LogP contribution < -0.4 is 5.32 Å². The van der Waals surface area contributed by atoms with Crippen LogP contribution in [0.3, 0.4) is 0 Å². The summed E-state index contributed by atoms with van der Waals surface area (Å²) < 4.78 is 16.7. The van der Waals surface area contributed by atoms with Gasteiger partial charge < -0.3 is 29.5 Å². The van der Waals surface area contributed by atoms with Crippen LogP contribution >= 0.6 is 0 Å². The van der Waals surface area contributed by atoms with E-state index in [2.05, 4.69) is 5.32 Å². The van der Waals surface area contributed by atoms with Gasteiger partial charge in [0.15, 0.2) is 0 Å². The Morgan fingerprint density at radius 1 is 0.925 bits per heavy atom. The number of hydrogen-bond donors (Lipinski definition) is 2. The average molecular weight is 547 g/mol. The van der Waals surface area contributed by atoms with Gasteiger partial charge in [0.25, 0.3) is 0 Å². The summed E-state index contributed by atoms with van der Waals surface area (Å²) in [6.07, 6.45) is -1.58. The van der Waals surface area contributed by atoms with Crippen LogP contribution in [0.2, 0.25) is 0 Å². The maximum Gasteiger partial charge on any atom is 0.407 e. The number of amides is 2. The molecule has 9 nitrogen and oxygen atoms in total. The molecule has 0 heterocycles. The van der Waals surface area contributed by atoms with Gasteiger partial charge in [0.05, 0.1) is 19.3 Å². The second-order valence-electron chi connectivity index (χ2n) is 9.60. The first-order valence-corrected chi connectivity index (χ1v) is 13.2. The van der Waals surface area contributed by atoms with Crippen molar-refractivity contribution in [2.75, 3.05) is 33.4 Å². The smallest absolute Gasteiger partial charge is 0.407 e. The van der Waals surface area contributed by atoms with Crippen LogP contribution in [-0.2, 0) is 30.4 Å². The summed E-state index contributed by atoms with van der Waals surface area (Å²) in [4.78, 5) is 39.2. The third-order valence-electron chi connectivity index (χ3n) is 6.91. The first-order valence-electron chi connectivity index (χ1n) is 13.2. The number of benzene rings is 3. The lowest BCUT2D eigenvalue weighted by Gasteiger charge is -2.30. The number of carbonyl (C=O) groups is 3. The van der Waals surface area contributed by atoms with Gasteiger partial charge in [0.2, 0.25) is 5.91 Å². The van der Waals surface area contributed by atoms with Gasteiger partial charge in [-0.05, 0) is 34.7 Å². The molecular formula is C31H34N2O7. The molecule has 1 aliphatic rings. The van der Waals surface area contributed by atoms with Crippen LogP contribution in [0.25, 0.3) is 11.1 Å². The molecule has 0 aromatic heterocycles. The van der Waals surface area contributed by atoms with Crippen molar-refractivity contribution in [2.45, 2.75) is 31.6 Å². The van der Waals surface area contributed by atoms with Gasteiger partial charge in [-0.15, -0.1) is 0 Å². The maximum absolute atomic E-state index is 13.5. The minimum atomic E-state index is -1.18. The highest BCUT2D eigenvalue weighted by Crippen LogP contribution is 2.44.